The van der Waals surface area contributed by atoms with Crippen LogP contribution in [0.2, 0.25) is 0 Å². The molecule has 0 atom stereocenters. The monoisotopic (exact) mass is 408 g/mol. The molecule has 0 saturated carbocycles. The number of pyridine rings is 1. The second-order valence-electron chi connectivity index (χ2n) is 7.17. The van der Waals surface area contributed by atoms with Crippen molar-refractivity contribution in [2.24, 2.45) is 0 Å². The Morgan fingerprint density at radius 3 is 2.30 bits per heavy atom. The maximum Gasteiger partial charge on any atom is 0.357 e. The van der Waals surface area contributed by atoms with Crippen molar-refractivity contribution in [3.05, 3.63) is 69.0 Å². The quantitative estimate of drug-likeness (QED) is 0.476. The fraction of sp³-hybridized carbons (Fsp3) is 0.318. The fourth-order valence-electron chi connectivity index (χ4n) is 4.24. The van der Waals surface area contributed by atoms with Gasteiger partial charge in [0.2, 0.25) is 0 Å². The largest absolute Gasteiger partial charge is 0.495 e. The average molecular weight is 408 g/mol. The number of fused-ring (bicyclic) bond motifs is 1. The molecule has 1 aliphatic heterocycles. The number of hydrogen-bond acceptors (Lipinski definition) is 6. The Hall–Kier alpha value is -3.55. The van der Waals surface area contributed by atoms with E-state index >= 15 is 0 Å². The third-order valence-electron chi connectivity index (χ3n) is 5.64. The van der Waals surface area contributed by atoms with Crippen LogP contribution in [-0.2, 0) is 6.54 Å². The standard InChI is InChI=1S/C22H24N4O4/c1-3-25-17-9-5-4-8-16(17)20(21(22(25)27)26(28)29)24-14-12-23(13-15-24)18-10-6-7-11-19(18)30-2/h4-11H,3,12-15H2,1-2H3. The molecule has 1 aromatic heterocycles. The SMILES string of the molecule is CCn1c(=O)c([N+](=O)[O-])c(N2CCN(c3ccccc3OC)CC2)c2ccccc21. The molecule has 1 aliphatic rings. The minimum absolute atomic E-state index is 0.346. The number of methoxy groups -OCH3 is 1. The van der Waals surface area contributed by atoms with Gasteiger partial charge in [0.05, 0.1) is 23.2 Å². The summed E-state index contributed by atoms with van der Waals surface area (Å²) >= 11 is 0. The average Bonchev–Trinajstić information content (AvgIpc) is 2.78. The molecular weight excluding hydrogens is 384 g/mol. The van der Waals surface area contributed by atoms with Gasteiger partial charge in [-0.15, -0.1) is 0 Å². The normalized spacial score (nSPS) is 14.2. The van der Waals surface area contributed by atoms with E-state index < -0.39 is 10.5 Å². The lowest BCUT2D eigenvalue weighted by Crippen LogP contribution is -2.47. The molecule has 8 heteroatoms. The van der Waals surface area contributed by atoms with Crippen LogP contribution in [0.25, 0.3) is 10.9 Å². The van der Waals surface area contributed by atoms with E-state index in [2.05, 4.69) is 4.90 Å². The number of para-hydroxylation sites is 3. The summed E-state index contributed by atoms with van der Waals surface area (Å²) in [6.07, 6.45) is 0. The lowest BCUT2D eigenvalue weighted by molar-refractivity contribution is -0.385. The van der Waals surface area contributed by atoms with Gasteiger partial charge in [0, 0.05) is 38.1 Å². The minimum Gasteiger partial charge on any atom is -0.495 e. The number of benzene rings is 2. The van der Waals surface area contributed by atoms with Crippen LogP contribution in [0.3, 0.4) is 0 Å². The maximum atomic E-state index is 13.0. The van der Waals surface area contributed by atoms with Gasteiger partial charge in [-0.05, 0) is 25.1 Å². The lowest BCUT2D eigenvalue weighted by atomic mass is 10.1. The zero-order valence-electron chi connectivity index (χ0n) is 17.1. The number of rotatable bonds is 5. The van der Waals surface area contributed by atoms with Crippen LogP contribution >= 0.6 is 0 Å². The van der Waals surface area contributed by atoms with E-state index in [4.69, 9.17) is 4.74 Å². The summed E-state index contributed by atoms with van der Waals surface area (Å²) in [4.78, 5) is 28.5. The first-order valence-electron chi connectivity index (χ1n) is 9.99. The predicted molar refractivity (Wildman–Crippen MR) is 118 cm³/mol. The first-order chi connectivity index (χ1) is 14.6. The Morgan fingerprint density at radius 1 is 1.00 bits per heavy atom. The molecule has 0 amide bonds. The summed E-state index contributed by atoms with van der Waals surface area (Å²) in [5.41, 5.74) is 1.24. The van der Waals surface area contributed by atoms with Crippen molar-refractivity contribution in [3.8, 4) is 5.75 Å². The van der Waals surface area contributed by atoms with Gasteiger partial charge in [0.15, 0.2) is 0 Å². The summed E-state index contributed by atoms with van der Waals surface area (Å²) < 4.78 is 6.95. The fourth-order valence-corrected chi connectivity index (χ4v) is 4.24. The van der Waals surface area contributed by atoms with Crippen LogP contribution in [0, 0.1) is 10.1 Å². The van der Waals surface area contributed by atoms with E-state index in [9.17, 15) is 14.9 Å². The number of aromatic nitrogens is 1. The molecular formula is C22H24N4O4. The molecule has 1 fully saturated rings. The molecule has 1 saturated heterocycles. The summed E-state index contributed by atoms with van der Waals surface area (Å²) in [6, 6.07) is 15.2. The van der Waals surface area contributed by atoms with E-state index in [-0.39, 0.29) is 5.69 Å². The number of anilines is 2. The lowest BCUT2D eigenvalue weighted by Gasteiger charge is -2.38. The van der Waals surface area contributed by atoms with Crippen molar-refractivity contribution < 1.29 is 9.66 Å². The molecule has 156 valence electrons. The zero-order valence-corrected chi connectivity index (χ0v) is 17.1. The first-order valence-corrected chi connectivity index (χ1v) is 9.99. The summed E-state index contributed by atoms with van der Waals surface area (Å²) in [7, 11) is 1.65. The number of piperazine rings is 1. The van der Waals surface area contributed by atoms with Crippen molar-refractivity contribution in [1.82, 2.24) is 4.57 Å². The molecule has 4 rings (SSSR count). The predicted octanol–water partition coefficient (Wildman–Crippen LogP) is 3.26. The molecule has 30 heavy (non-hydrogen) atoms. The number of hydrogen-bond donors (Lipinski definition) is 0. The van der Waals surface area contributed by atoms with Crippen molar-refractivity contribution >= 4 is 28.0 Å². The molecule has 0 aliphatic carbocycles. The smallest absolute Gasteiger partial charge is 0.357 e. The van der Waals surface area contributed by atoms with Gasteiger partial charge in [-0.25, -0.2) is 0 Å². The third-order valence-corrected chi connectivity index (χ3v) is 5.64. The van der Waals surface area contributed by atoms with E-state index in [1.165, 1.54) is 4.57 Å². The van der Waals surface area contributed by atoms with E-state index in [0.717, 1.165) is 22.3 Å². The Labute approximate surface area is 174 Å². The van der Waals surface area contributed by atoms with Crippen LogP contribution < -0.4 is 20.1 Å². The summed E-state index contributed by atoms with van der Waals surface area (Å²) in [5, 5.41) is 12.6. The first kappa shape index (κ1) is 19.8. The van der Waals surface area contributed by atoms with Crippen LogP contribution in [0.5, 0.6) is 5.75 Å². The highest BCUT2D eigenvalue weighted by molar-refractivity contribution is 5.96. The molecule has 2 heterocycles. The van der Waals surface area contributed by atoms with Crippen molar-refractivity contribution in [2.75, 3.05) is 43.1 Å². The van der Waals surface area contributed by atoms with Gasteiger partial charge >= 0.3 is 11.2 Å². The number of nitrogens with zero attached hydrogens (tertiary/aromatic N) is 4. The molecule has 0 spiro atoms. The summed E-state index contributed by atoms with van der Waals surface area (Å²) in [5.74, 6) is 0.799. The van der Waals surface area contributed by atoms with Crippen molar-refractivity contribution in [3.63, 3.8) is 0 Å². The highest BCUT2D eigenvalue weighted by Crippen LogP contribution is 2.35. The van der Waals surface area contributed by atoms with Gasteiger partial charge in [-0.3, -0.25) is 14.9 Å². The molecule has 0 radical (unpaired) electrons. The minimum atomic E-state index is -0.552. The van der Waals surface area contributed by atoms with Crippen LogP contribution in [0.1, 0.15) is 6.92 Å². The van der Waals surface area contributed by atoms with Crippen LogP contribution in [0.15, 0.2) is 53.3 Å². The van der Waals surface area contributed by atoms with E-state index in [1.807, 2.05) is 60.4 Å². The zero-order chi connectivity index (χ0) is 21.3. The highest BCUT2D eigenvalue weighted by atomic mass is 16.6. The molecule has 2 aromatic carbocycles. The van der Waals surface area contributed by atoms with Crippen LogP contribution in [0.4, 0.5) is 17.1 Å². The molecule has 3 aromatic rings. The number of nitro groups is 1. The molecule has 0 unspecified atom stereocenters. The van der Waals surface area contributed by atoms with Crippen molar-refractivity contribution in [1.29, 1.82) is 0 Å². The van der Waals surface area contributed by atoms with Gasteiger partial charge in [0.1, 0.15) is 11.4 Å². The van der Waals surface area contributed by atoms with Gasteiger partial charge in [-0.2, -0.15) is 0 Å². The maximum absolute atomic E-state index is 13.0. The molecule has 0 bridgehead atoms. The molecule has 0 N–H and O–H groups in total. The van der Waals surface area contributed by atoms with Gasteiger partial charge in [0.25, 0.3) is 0 Å². The molecule has 8 nitrogen and oxygen atoms in total. The van der Waals surface area contributed by atoms with E-state index in [1.54, 1.807) is 7.11 Å². The van der Waals surface area contributed by atoms with Crippen molar-refractivity contribution in [2.45, 2.75) is 13.5 Å². The second-order valence-corrected chi connectivity index (χ2v) is 7.17. The Bertz CT molecular complexity index is 1150. The third kappa shape index (κ3) is 3.24. The second kappa shape index (κ2) is 8.06. The Balaban J connectivity index is 1.75. The van der Waals surface area contributed by atoms with E-state index in [0.29, 0.717) is 38.4 Å². The highest BCUT2D eigenvalue weighted by Gasteiger charge is 2.31. The Morgan fingerprint density at radius 2 is 1.63 bits per heavy atom. The summed E-state index contributed by atoms with van der Waals surface area (Å²) in [6.45, 7) is 4.67. The number of aryl methyl sites for hydroxylation is 1. The number of ether oxygens (including phenoxy) is 1. The Kier molecular flexibility index (Phi) is 5.31. The van der Waals surface area contributed by atoms with Gasteiger partial charge < -0.3 is 19.1 Å². The van der Waals surface area contributed by atoms with Gasteiger partial charge in [-0.1, -0.05) is 30.3 Å². The topological polar surface area (TPSA) is 80.8 Å². The van der Waals surface area contributed by atoms with Crippen LogP contribution in [-0.4, -0.2) is 42.8 Å².